The number of benzene rings is 1. The van der Waals surface area contributed by atoms with Crippen molar-refractivity contribution in [2.75, 3.05) is 0 Å². The molecule has 3 aromatic rings. The van der Waals surface area contributed by atoms with Crippen LogP contribution in [0.5, 0.6) is 0 Å². The number of aromatic nitrogens is 2. The lowest BCUT2D eigenvalue weighted by Crippen LogP contribution is -2.08. The first-order chi connectivity index (χ1) is 10.7. The van der Waals surface area contributed by atoms with Crippen LogP contribution >= 0.6 is 0 Å². The van der Waals surface area contributed by atoms with Gasteiger partial charge < -0.3 is 13.6 Å². The summed E-state index contributed by atoms with van der Waals surface area (Å²) in [4.78, 5) is 11.7. The molecule has 0 aliphatic carbocycles. The molecule has 0 N–H and O–H groups in total. The second-order valence-corrected chi connectivity index (χ2v) is 4.44. The maximum absolute atomic E-state index is 12.8. The van der Waals surface area contributed by atoms with Crippen molar-refractivity contribution >= 4 is 5.97 Å². The molecule has 112 valence electrons. The van der Waals surface area contributed by atoms with E-state index in [1.54, 1.807) is 12.1 Å². The molecule has 0 aliphatic rings. The number of esters is 1. The second kappa shape index (κ2) is 6.21. The zero-order chi connectivity index (χ0) is 15.4. The van der Waals surface area contributed by atoms with Gasteiger partial charge in [-0.25, -0.2) is 4.39 Å². The molecule has 0 unspecified atom stereocenters. The van der Waals surface area contributed by atoms with Crippen LogP contribution in [0.4, 0.5) is 4.39 Å². The predicted octanol–water partition coefficient (Wildman–Crippen LogP) is 2.75. The van der Waals surface area contributed by atoms with Gasteiger partial charge in [-0.05, 0) is 29.8 Å². The van der Waals surface area contributed by atoms with E-state index < -0.39 is 5.97 Å². The maximum atomic E-state index is 12.8. The van der Waals surface area contributed by atoms with E-state index in [1.165, 1.54) is 30.5 Å². The lowest BCUT2D eigenvalue weighted by atomic mass is 10.1. The highest BCUT2D eigenvalue weighted by atomic mass is 19.1. The van der Waals surface area contributed by atoms with Gasteiger partial charge in [0.2, 0.25) is 0 Å². The molecule has 22 heavy (non-hydrogen) atoms. The summed E-state index contributed by atoms with van der Waals surface area (Å²) in [6, 6.07) is 9.00. The van der Waals surface area contributed by atoms with Crippen molar-refractivity contribution in [3.05, 3.63) is 59.9 Å². The summed E-state index contributed by atoms with van der Waals surface area (Å²) in [6.45, 7) is -0.131. The Morgan fingerprint density at radius 1 is 1.18 bits per heavy atom. The number of carbonyl (C=O) groups excluding carboxylic acids is 1. The minimum atomic E-state index is -0.468. The van der Waals surface area contributed by atoms with Crippen LogP contribution in [0.3, 0.4) is 0 Å². The Labute approximate surface area is 124 Å². The third-order valence-corrected chi connectivity index (χ3v) is 2.82. The van der Waals surface area contributed by atoms with E-state index in [-0.39, 0.29) is 30.6 Å². The number of halogens is 1. The average molecular weight is 302 g/mol. The van der Waals surface area contributed by atoms with E-state index >= 15 is 0 Å². The summed E-state index contributed by atoms with van der Waals surface area (Å²) >= 11 is 0. The molecule has 1 aromatic carbocycles. The van der Waals surface area contributed by atoms with Crippen molar-refractivity contribution in [2.45, 2.75) is 13.0 Å². The number of hydrogen-bond acceptors (Lipinski definition) is 6. The molecule has 0 saturated carbocycles. The Morgan fingerprint density at radius 2 is 2.00 bits per heavy atom. The molecule has 7 heteroatoms. The van der Waals surface area contributed by atoms with E-state index in [9.17, 15) is 9.18 Å². The third kappa shape index (κ3) is 3.38. The normalized spacial score (nSPS) is 10.6. The fraction of sp³-hybridized carbons (Fsp3) is 0.133. The Morgan fingerprint density at radius 3 is 2.73 bits per heavy atom. The van der Waals surface area contributed by atoms with Gasteiger partial charge in [-0.15, -0.1) is 10.2 Å². The molecule has 0 radical (unpaired) electrons. The van der Waals surface area contributed by atoms with E-state index in [0.29, 0.717) is 11.3 Å². The van der Waals surface area contributed by atoms with Crippen molar-refractivity contribution in [2.24, 2.45) is 0 Å². The van der Waals surface area contributed by atoms with Gasteiger partial charge in [0.05, 0.1) is 12.7 Å². The van der Waals surface area contributed by atoms with Crippen LogP contribution in [0.15, 0.2) is 51.5 Å². The van der Waals surface area contributed by atoms with Crippen LogP contribution in [0.1, 0.15) is 11.5 Å². The first kappa shape index (κ1) is 14.0. The number of furan rings is 1. The molecular formula is C15H11FN2O4. The fourth-order valence-corrected chi connectivity index (χ4v) is 1.77. The summed E-state index contributed by atoms with van der Waals surface area (Å²) in [5.41, 5.74) is 0.660. The van der Waals surface area contributed by atoms with Gasteiger partial charge in [-0.1, -0.05) is 12.1 Å². The van der Waals surface area contributed by atoms with Crippen molar-refractivity contribution in [3.63, 3.8) is 0 Å². The predicted molar refractivity (Wildman–Crippen MR) is 71.9 cm³/mol. The highest BCUT2D eigenvalue weighted by Gasteiger charge is 2.13. The number of rotatable bonds is 5. The summed E-state index contributed by atoms with van der Waals surface area (Å²) in [6.07, 6.45) is 1.53. The lowest BCUT2D eigenvalue weighted by Gasteiger charge is -2.02. The molecule has 0 atom stereocenters. The van der Waals surface area contributed by atoms with Gasteiger partial charge in [0, 0.05) is 0 Å². The SMILES string of the molecule is O=C(Cc1ccc(F)cc1)OCc1nnc(-c2ccco2)o1. The van der Waals surface area contributed by atoms with Crippen molar-refractivity contribution in [1.29, 1.82) is 0 Å². The number of nitrogens with zero attached hydrogens (tertiary/aromatic N) is 2. The van der Waals surface area contributed by atoms with E-state index in [1.807, 2.05) is 0 Å². The van der Waals surface area contributed by atoms with Crippen molar-refractivity contribution in [3.8, 4) is 11.7 Å². The van der Waals surface area contributed by atoms with Crippen LogP contribution in [0, 0.1) is 5.82 Å². The highest BCUT2D eigenvalue weighted by molar-refractivity contribution is 5.72. The largest absolute Gasteiger partial charge is 0.459 e. The molecule has 2 aromatic heterocycles. The van der Waals surface area contributed by atoms with Gasteiger partial charge in [0.25, 0.3) is 11.8 Å². The molecule has 6 nitrogen and oxygen atoms in total. The topological polar surface area (TPSA) is 78.4 Å². The second-order valence-electron chi connectivity index (χ2n) is 4.44. The quantitative estimate of drug-likeness (QED) is 0.674. The van der Waals surface area contributed by atoms with E-state index in [2.05, 4.69) is 10.2 Å². The summed E-state index contributed by atoms with van der Waals surface area (Å²) < 4.78 is 28.2. The third-order valence-electron chi connectivity index (χ3n) is 2.82. The maximum Gasteiger partial charge on any atom is 0.310 e. The van der Waals surface area contributed by atoms with Crippen molar-refractivity contribution < 1.29 is 22.8 Å². The van der Waals surface area contributed by atoms with Gasteiger partial charge in [0.15, 0.2) is 12.4 Å². The smallest absolute Gasteiger partial charge is 0.310 e. The summed E-state index contributed by atoms with van der Waals surface area (Å²) in [7, 11) is 0. The standard InChI is InChI=1S/C15H11FN2O4/c16-11-5-3-10(4-6-11)8-14(19)21-9-13-17-18-15(22-13)12-2-1-7-20-12/h1-7H,8-9H2. The Hall–Kier alpha value is -2.96. The Balaban J connectivity index is 1.54. The molecule has 3 rings (SSSR count). The molecular weight excluding hydrogens is 291 g/mol. The van der Waals surface area contributed by atoms with Crippen LogP contribution in [0.2, 0.25) is 0 Å². The zero-order valence-electron chi connectivity index (χ0n) is 11.4. The highest BCUT2D eigenvalue weighted by Crippen LogP contribution is 2.18. The number of carbonyl (C=O) groups is 1. The Kier molecular flexibility index (Phi) is 3.95. The first-order valence-corrected chi connectivity index (χ1v) is 6.47. The summed E-state index contributed by atoms with van der Waals surface area (Å²) in [5.74, 6) is 0.00242. The zero-order valence-corrected chi connectivity index (χ0v) is 11.4. The van der Waals surface area contributed by atoms with Crippen LogP contribution < -0.4 is 0 Å². The molecule has 0 saturated heterocycles. The van der Waals surface area contributed by atoms with Gasteiger partial charge in [-0.3, -0.25) is 4.79 Å². The molecule has 0 aliphatic heterocycles. The average Bonchev–Trinajstić information content (AvgIpc) is 3.18. The molecule has 0 amide bonds. The number of hydrogen-bond donors (Lipinski definition) is 0. The lowest BCUT2D eigenvalue weighted by molar-refractivity contribution is -0.144. The fourth-order valence-electron chi connectivity index (χ4n) is 1.77. The van der Waals surface area contributed by atoms with E-state index in [0.717, 1.165) is 0 Å². The molecule has 2 heterocycles. The molecule has 0 bridgehead atoms. The minimum Gasteiger partial charge on any atom is -0.459 e. The van der Waals surface area contributed by atoms with Crippen LogP contribution in [-0.2, 0) is 22.6 Å². The van der Waals surface area contributed by atoms with Crippen LogP contribution in [0.25, 0.3) is 11.7 Å². The number of ether oxygens (including phenoxy) is 1. The monoisotopic (exact) mass is 302 g/mol. The van der Waals surface area contributed by atoms with Gasteiger partial charge in [-0.2, -0.15) is 0 Å². The Bertz CT molecular complexity index is 750. The van der Waals surface area contributed by atoms with Gasteiger partial charge in [0.1, 0.15) is 5.82 Å². The summed E-state index contributed by atoms with van der Waals surface area (Å²) in [5, 5.41) is 7.55. The van der Waals surface area contributed by atoms with Crippen LogP contribution in [-0.4, -0.2) is 16.2 Å². The van der Waals surface area contributed by atoms with Gasteiger partial charge >= 0.3 is 5.97 Å². The first-order valence-electron chi connectivity index (χ1n) is 6.47. The molecule has 0 fully saturated rings. The minimum absolute atomic E-state index is 0.0411. The van der Waals surface area contributed by atoms with E-state index in [4.69, 9.17) is 13.6 Å². The molecule has 0 spiro atoms. The van der Waals surface area contributed by atoms with Crippen molar-refractivity contribution in [1.82, 2.24) is 10.2 Å².